The van der Waals surface area contributed by atoms with E-state index < -0.39 is 16.2 Å². The van der Waals surface area contributed by atoms with Crippen molar-refractivity contribution in [2.75, 3.05) is 13.2 Å². The Hall–Kier alpha value is -3.76. The number of aliphatic hydroxyl groups is 1. The van der Waals surface area contributed by atoms with Crippen LogP contribution in [0, 0.1) is 10.1 Å². The van der Waals surface area contributed by atoms with Gasteiger partial charge < -0.3 is 14.6 Å². The molecule has 0 aliphatic heterocycles. The van der Waals surface area contributed by atoms with Crippen LogP contribution in [-0.4, -0.2) is 32.8 Å². The molecular formula is C21H21N3O7. The van der Waals surface area contributed by atoms with E-state index in [-0.39, 0.29) is 38.7 Å². The summed E-state index contributed by atoms with van der Waals surface area (Å²) in [6.07, 6.45) is 1.70. The number of aromatic amines is 1. The number of non-ortho nitro benzene ring substituents is 1. The van der Waals surface area contributed by atoms with E-state index in [2.05, 4.69) is 4.98 Å². The molecule has 3 aromatic rings. The van der Waals surface area contributed by atoms with Crippen molar-refractivity contribution in [3.05, 3.63) is 102 Å². The van der Waals surface area contributed by atoms with Crippen molar-refractivity contribution >= 4 is 5.69 Å². The first-order chi connectivity index (χ1) is 15.0. The molecule has 0 unspecified atom stereocenters. The van der Waals surface area contributed by atoms with E-state index in [1.807, 2.05) is 6.07 Å². The van der Waals surface area contributed by atoms with Crippen molar-refractivity contribution < 1.29 is 19.5 Å². The van der Waals surface area contributed by atoms with Gasteiger partial charge in [0.2, 0.25) is 0 Å². The molecule has 162 valence electrons. The summed E-state index contributed by atoms with van der Waals surface area (Å²) in [4.78, 5) is 36.6. The summed E-state index contributed by atoms with van der Waals surface area (Å²) in [6.45, 7) is 0.0589. The molecule has 3 rings (SSSR count). The molecule has 0 atom stereocenters. The second-order valence-electron chi connectivity index (χ2n) is 6.68. The van der Waals surface area contributed by atoms with Crippen LogP contribution >= 0.6 is 0 Å². The third-order valence-electron chi connectivity index (χ3n) is 4.40. The van der Waals surface area contributed by atoms with Gasteiger partial charge in [0, 0.05) is 30.3 Å². The van der Waals surface area contributed by atoms with E-state index in [0.29, 0.717) is 11.3 Å². The summed E-state index contributed by atoms with van der Waals surface area (Å²) < 4.78 is 12.1. The number of H-pyrrole nitrogens is 1. The molecule has 0 saturated carbocycles. The number of hydrogen-bond acceptors (Lipinski definition) is 7. The van der Waals surface area contributed by atoms with Gasteiger partial charge in [0.25, 0.3) is 11.2 Å². The van der Waals surface area contributed by atoms with E-state index in [1.54, 1.807) is 30.3 Å². The van der Waals surface area contributed by atoms with Crippen LogP contribution in [-0.2, 0) is 24.5 Å². The van der Waals surface area contributed by atoms with Gasteiger partial charge in [-0.05, 0) is 35.4 Å². The fraction of sp³-hybridized carbons (Fsp3) is 0.238. The molecule has 0 bridgehead atoms. The van der Waals surface area contributed by atoms with E-state index >= 15 is 0 Å². The summed E-state index contributed by atoms with van der Waals surface area (Å²) in [6, 6.07) is 13.3. The zero-order valence-corrected chi connectivity index (χ0v) is 16.5. The fourth-order valence-electron chi connectivity index (χ4n) is 2.85. The fourth-order valence-corrected chi connectivity index (χ4v) is 2.85. The quantitative estimate of drug-likeness (QED) is 0.285. The minimum absolute atomic E-state index is 0.0130. The summed E-state index contributed by atoms with van der Waals surface area (Å²) in [5, 5.41) is 19.5. The lowest BCUT2D eigenvalue weighted by Gasteiger charge is -2.10. The third kappa shape index (κ3) is 6.11. The van der Waals surface area contributed by atoms with Crippen molar-refractivity contribution in [2.45, 2.75) is 19.8 Å². The Morgan fingerprint density at radius 3 is 2.58 bits per heavy atom. The number of aliphatic hydroxyl groups excluding tert-OH is 1. The van der Waals surface area contributed by atoms with Gasteiger partial charge in [-0.15, -0.1) is 0 Å². The van der Waals surface area contributed by atoms with E-state index in [1.165, 1.54) is 22.9 Å². The third-order valence-corrected chi connectivity index (χ3v) is 4.40. The second-order valence-corrected chi connectivity index (χ2v) is 6.68. The van der Waals surface area contributed by atoms with Gasteiger partial charge in [0.15, 0.2) is 0 Å². The molecule has 0 spiro atoms. The van der Waals surface area contributed by atoms with Gasteiger partial charge in [-0.25, -0.2) is 4.79 Å². The predicted molar refractivity (Wildman–Crippen MR) is 111 cm³/mol. The Morgan fingerprint density at radius 2 is 1.87 bits per heavy atom. The van der Waals surface area contributed by atoms with Crippen molar-refractivity contribution in [1.29, 1.82) is 0 Å². The van der Waals surface area contributed by atoms with Gasteiger partial charge >= 0.3 is 5.69 Å². The normalized spacial score (nSPS) is 10.7. The highest BCUT2D eigenvalue weighted by Gasteiger charge is 2.08. The van der Waals surface area contributed by atoms with Crippen molar-refractivity contribution in [1.82, 2.24) is 9.55 Å². The number of nitrogens with one attached hydrogen (secondary N) is 1. The van der Waals surface area contributed by atoms with Gasteiger partial charge in [0.1, 0.15) is 19.1 Å². The zero-order chi connectivity index (χ0) is 22.2. The molecule has 2 N–H and O–H groups in total. The summed E-state index contributed by atoms with van der Waals surface area (Å²) in [5.41, 5.74) is 0.891. The number of rotatable bonds is 10. The number of aromatic nitrogens is 2. The number of nitro groups is 1. The Labute approximate surface area is 176 Å². The lowest BCUT2D eigenvalue weighted by molar-refractivity contribution is -0.384. The van der Waals surface area contributed by atoms with E-state index in [0.717, 1.165) is 11.1 Å². The lowest BCUT2D eigenvalue weighted by atomic mass is 10.1. The molecule has 10 heteroatoms. The number of ether oxygens (including phenoxy) is 2. The highest BCUT2D eigenvalue weighted by Crippen LogP contribution is 2.18. The summed E-state index contributed by atoms with van der Waals surface area (Å²) in [7, 11) is 0. The summed E-state index contributed by atoms with van der Waals surface area (Å²) in [5.74, 6) is 0.576. The minimum atomic E-state index is -0.591. The maximum absolute atomic E-state index is 12.2. The van der Waals surface area contributed by atoms with Crippen LogP contribution < -0.4 is 16.0 Å². The Balaban J connectivity index is 1.69. The Bertz CT molecular complexity index is 1150. The maximum Gasteiger partial charge on any atom is 0.330 e. The number of hydrogen-bond donors (Lipinski definition) is 2. The van der Waals surface area contributed by atoms with Crippen molar-refractivity contribution in [2.24, 2.45) is 0 Å². The van der Waals surface area contributed by atoms with Crippen LogP contribution in [0.25, 0.3) is 0 Å². The van der Waals surface area contributed by atoms with Crippen LogP contribution in [0.2, 0.25) is 0 Å². The molecule has 31 heavy (non-hydrogen) atoms. The van der Waals surface area contributed by atoms with Crippen molar-refractivity contribution in [3.8, 4) is 5.75 Å². The summed E-state index contributed by atoms with van der Waals surface area (Å²) >= 11 is 0. The van der Waals surface area contributed by atoms with Gasteiger partial charge in [-0.1, -0.05) is 12.1 Å². The van der Waals surface area contributed by atoms with Gasteiger partial charge in [-0.2, -0.15) is 0 Å². The first kappa shape index (κ1) is 21.9. The van der Waals surface area contributed by atoms with E-state index in [4.69, 9.17) is 14.6 Å². The topological polar surface area (TPSA) is 137 Å². The molecule has 0 amide bonds. The zero-order valence-electron chi connectivity index (χ0n) is 16.5. The molecule has 0 fully saturated rings. The standard InChI is InChI=1S/C21H21N3O7/c25-8-9-30-14-23-12-17(20(26)22-21(23)27)10-16-2-1-3-19(11-16)31-13-15-4-6-18(7-5-15)24(28)29/h1-7,11-12,25H,8-10,13-14H2,(H,22,26,27). The van der Waals surface area contributed by atoms with Crippen molar-refractivity contribution in [3.63, 3.8) is 0 Å². The monoisotopic (exact) mass is 427 g/mol. The molecule has 0 aliphatic rings. The highest BCUT2D eigenvalue weighted by atomic mass is 16.6. The molecule has 1 aromatic heterocycles. The van der Waals surface area contributed by atoms with Crippen LogP contribution in [0.1, 0.15) is 16.7 Å². The SMILES string of the molecule is O=c1[nH]c(=O)n(COCCO)cc1Cc1cccc(OCc2ccc([N+](=O)[O-])cc2)c1. The largest absolute Gasteiger partial charge is 0.489 e. The van der Waals surface area contributed by atoms with Gasteiger partial charge in [-0.3, -0.25) is 24.5 Å². The molecule has 0 radical (unpaired) electrons. The van der Waals surface area contributed by atoms with Crippen LogP contribution in [0.3, 0.4) is 0 Å². The molecule has 1 heterocycles. The Kier molecular flexibility index (Phi) is 7.31. The average Bonchev–Trinajstić information content (AvgIpc) is 2.76. The smallest absolute Gasteiger partial charge is 0.330 e. The number of nitro benzene ring substituents is 1. The predicted octanol–water partition coefficient (Wildman–Crippen LogP) is 1.58. The highest BCUT2D eigenvalue weighted by molar-refractivity contribution is 5.34. The second kappa shape index (κ2) is 10.3. The minimum Gasteiger partial charge on any atom is -0.489 e. The van der Waals surface area contributed by atoms with Crippen LogP contribution in [0.4, 0.5) is 5.69 Å². The van der Waals surface area contributed by atoms with Crippen LogP contribution in [0.5, 0.6) is 5.75 Å². The molecule has 2 aromatic carbocycles. The molecule has 10 nitrogen and oxygen atoms in total. The molecule has 0 saturated heterocycles. The molecule has 0 aliphatic carbocycles. The lowest BCUT2D eigenvalue weighted by Crippen LogP contribution is -2.32. The maximum atomic E-state index is 12.2. The number of nitrogens with zero attached hydrogens (tertiary/aromatic N) is 2. The Morgan fingerprint density at radius 1 is 1.10 bits per heavy atom. The van der Waals surface area contributed by atoms with Gasteiger partial charge in [0.05, 0.1) is 18.1 Å². The average molecular weight is 427 g/mol. The number of benzene rings is 2. The van der Waals surface area contributed by atoms with E-state index in [9.17, 15) is 19.7 Å². The first-order valence-corrected chi connectivity index (χ1v) is 9.42. The molecular weight excluding hydrogens is 406 g/mol. The van der Waals surface area contributed by atoms with Crippen LogP contribution in [0.15, 0.2) is 64.3 Å². The first-order valence-electron chi connectivity index (χ1n) is 9.42.